The summed E-state index contributed by atoms with van der Waals surface area (Å²) in [5, 5.41) is 2.12. The van der Waals surface area contributed by atoms with E-state index in [1.807, 2.05) is 12.1 Å². The Bertz CT molecular complexity index is 431. The molecule has 1 nitrogen and oxygen atoms in total. The quantitative estimate of drug-likeness (QED) is 0.724. The van der Waals surface area contributed by atoms with Gasteiger partial charge in [0.05, 0.1) is 7.11 Å². The Hall–Kier alpha value is -1.28. The molecule has 0 radical (unpaired) electrons. The third-order valence-corrected chi connectivity index (χ3v) is 3.09. The van der Waals surface area contributed by atoms with Gasteiger partial charge < -0.3 is 4.74 Å². The summed E-state index contributed by atoms with van der Waals surface area (Å²) in [6.07, 6.45) is 0. The maximum Gasteiger partial charge on any atom is 0.119 e. The molecule has 2 heteroatoms. The molecule has 1 aromatic heterocycles. The van der Waals surface area contributed by atoms with Crippen LogP contribution in [0.4, 0.5) is 0 Å². The summed E-state index contributed by atoms with van der Waals surface area (Å²) in [4.78, 5) is 1.35. The highest BCUT2D eigenvalue weighted by Gasteiger charge is 2.03. The van der Waals surface area contributed by atoms with E-state index >= 15 is 0 Å². The van der Waals surface area contributed by atoms with Crippen LogP contribution in [0.3, 0.4) is 0 Å². The van der Waals surface area contributed by atoms with Gasteiger partial charge in [0.15, 0.2) is 0 Å². The van der Waals surface area contributed by atoms with Crippen LogP contribution >= 0.6 is 11.3 Å². The number of ether oxygens (including phenoxy) is 1. The fourth-order valence-electron chi connectivity index (χ4n) is 1.48. The summed E-state index contributed by atoms with van der Waals surface area (Å²) in [6, 6.07) is 10.3. The topological polar surface area (TPSA) is 9.23 Å². The molecule has 0 atom stereocenters. The second kappa shape index (κ2) is 3.84. The van der Waals surface area contributed by atoms with Crippen molar-refractivity contribution in [3.63, 3.8) is 0 Å². The summed E-state index contributed by atoms with van der Waals surface area (Å²) < 4.78 is 5.20. The Morgan fingerprint density at radius 2 is 2.07 bits per heavy atom. The van der Waals surface area contributed by atoms with Gasteiger partial charge in [-0.2, -0.15) is 0 Å². The highest BCUT2D eigenvalue weighted by atomic mass is 32.1. The van der Waals surface area contributed by atoms with Crippen LogP contribution in [-0.4, -0.2) is 7.11 Å². The number of thiophene rings is 1. The van der Waals surface area contributed by atoms with E-state index in [0.29, 0.717) is 0 Å². The minimum Gasteiger partial charge on any atom is -0.497 e. The van der Waals surface area contributed by atoms with Crippen molar-refractivity contribution >= 4 is 11.3 Å². The predicted octanol–water partition coefficient (Wildman–Crippen LogP) is 3.73. The average Bonchev–Trinajstić information content (AvgIpc) is 2.65. The van der Waals surface area contributed by atoms with Crippen LogP contribution in [0.2, 0.25) is 0 Å². The summed E-state index contributed by atoms with van der Waals surface area (Å²) in [5.74, 6) is 0.910. The minimum atomic E-state index is 0.910. The average molecular weight is 204 g/mol. The number of rotatable bonds is 2. The highest BCUT2D eigenvalue weighted by Crippen LogP contribution is 2.29. The van der Waals surface area contributed by atoms with Gasteiger partial charge in [0.1, 0.15) is 5.75 Å². The van der Waals surface area contributed by atoms with E-state index < -0.39 is 0 Å². The fourth-order valence-corrected chi connectivity index (χ4v) is 2.20. The zero-order valence-electron chi connectivity index (χ0n) is 8.28. The molecule has 0 fully saturated rings. The van der Waals surface area contributed by atoms with E-state index in [4.69, 9.17) is 4.74 Å². The number of benzene rings is 1. The molecule has 0 unspecified atom stereocenters. The second-order valence-electron chi connectivity index (χ2n) is 3.12. The van der Waals surface area contributed by atoms with Gasteiger partial charge in [-0.15, -0.1) is 11.3 Å². The number of hydrogen-bond acceptors (Lipinski definition) is 2. The van der Waals surface area contributed by atoms with Crippen LogP contribution < -0.4 is 4.74 Å². The summed E-state index contributed by atoms with van der Waals surface area (Å²) in [7, 11) is 1.69. The molecule has 0 N–H and O–H groups in total. The normalized spacial score (nSPS) is 10.1. The summed E-state index contributed by atoms with van der Waals surface area (Å²) in [6.45, 7) is 2.14. The molecule has 0 aliphatic rings. The third-order valence-electron chi connectivity index (χ3n) is 2.24. The number of aryl methyl sites for hydroxylation is 1. The third kappa shape index (κ3) is 1.66. The van der Waals surface area contributed by atoms with Crippen LogP contribution in [0.1, 0.15) is 4.88 Å². The van der Waals surface area contributed by atoms with E-state index in [1.165, 1.54) is 16.0 Å². The lowest BCUT2D eigenvalue weighted by Crippen LogP contribution is -1.83. The maximum absolute atomic E-state index is 5.20. The first-order valence-electron chi connectivity index (χ1n) is 4.50. The first-order valence-corrected chi connectivity index (χ1v) is 5.38. The van der Waals surface area contributed by atoms with Gasteiger partial charge in [-0.25, -0.2) is 0 Å². The molecule has 0 saturated heterocycles. The van der Waals surface area contributed by atoms with Gasteiger partial charge >= 0.3 is 0 Å². The molecule has 0 saturated carbocycles. The lowest BCUT2D eigenvalue weighted by molar-refractivity contribution is 0.415. The first-order chi connectivity index (χ1) is 6.81. The molecule has 2 aromatic rings. The molecule has 14 heavy (non-hydrogen) atoms. The molecule has 0 bridgehead atoms. The zero-order valence-corrected chi connectivity index (χ0v) is 9.10. The first kappa shape index (κ1) is 9.28. The monoisotopic (exact) mass is 204 g/mol. The van der Waals surface area contributed by atoms with Gasteiger partial charge in [-0.3, -0.25) is 0 Å². The molecule has 1 aromatic carbocycles. The van der Waals surface area contributed by atoms with Crippen LogP contribution in [0, 0.1) is 6.92 Å². The molecule has 2 rings (SSSR count). The second-order valence-corrected chi connectivity index (χ2v) is 4.24. The van der Waals surface area contributed by atoms with Gasteiger partial charge in [-0.05, 0) is 41.6 Å². The fraction of sp³-hybridized carbons (Fsp3) is 0.167. The Kier molecular flexibility index (Phi) is 2.55. The molecular weight excluding hydrogens is 192 g/mol. The Balaban J connectivity index is 2.47. The molecule has 0 aliphatic carbocycles. The SMILES string of the molecule is COc1cccc(-c2ccsc2C)c1. The van der Waals surface area contributed by atoms with Crippen molar-refractivity contribution < 1.29 is 4.74 Å². The van der Waals surface area contributed by atoms with Crippen molar-refractivity contribution in [1.29, 1.82) is 0 Å². The van der Waals surface area contributed by atoms with Gasteiger partial charge in [0.2, 0.25) is 0 Å². The minimum absolute atomic E-state index is 0.910. The summed E-state index contributed by atoms with van der Waals surface area (Å²) >= 11 is 1.77. The Labute approximate surface area is 88.0 Å². The van der Waals surface area contributed by atoms with Crippen molar-refractivity contribution in [2.45, 2.75) is 6.92 Å². The van der Waals surface area contributed by atoms with Crippen molar-refractivity contribution in [2.24, 2.45) is 0 Å². The molecular formula is C12H12OS. The van der Waals surface area contributed by atoms with Crippen molar-refractivity contribution in [2.75, 3.05) is 7.11 Å². The molecule has 0 amide bonds. The van der Waals surface area contributed by atoms with Crippen molar-refractivity contribution in [1.82, 2.24) is 0 Å². The van der Waals surface area contributed by atoms with Crippen LogP contribution in [0.15, 0.2) is 35.7 Å². The largest absolute Gasteiger partial charge is 0.497 e. The van der Waals surface area contributed by atoms with E-state index in [0.717, 1.165) is 5.75 Å². The molecule has 0 aliphatic heterocycles. The lowest BCUT2D eigenvalue weighted by atomic mass is 10.1. The van der Waals surface area contributed by atoms with Crippen LogP contribution in [-0.2, 0) is 0 Å². The predicted molar refractivity (Wildman–Crippen MR) is 61.0 cm³/mol. The molecule has 72 valence electrons. The van der Waals surface area contributed by atoms with E-state index in [-0.39, 0.29) is 0 Å². The molecule has 0 spiro atoms. The van der Waals surface area contributed by atoms with Gasteiger partial charge in [0.25, 0.3) is 0 Å². The lowest BCUT2D eigenvalue weighted by Gasteiger charge is -2.03. The van der Waals surface area contributed by atoms with Gasteiger partial charge in [-0.1, -0.05) is 12.1 Å². The van der Waals surface area contributed by atoms with Crippen LogP contribution in [0.25, 0.3) is 11.1 Å². The number of hydrogen-bond donors (Lipinski definition) is 0. The smallest absolute Gasteiger partial charge is 0.119 e. The number of methoxy groups -OCH3 is 1. The van der Waals surface area contributed by atoms with Crippen molar-refractivity contribution in [3.05, 3.63) is 40.6 Å². The van der Waals surface area contributed by atoms with Crippen LogP contribution in [0.5, 0.6) is 5.75 Å². The van der Waals surface area contributed by atoms with E-state index in [9.17, 15) is 0 Å². The standard InChI is InChI=1S/C12H12OS/c1-9-12(6-7-14-9)10-4-3-5-11(8-10)13-2/h3-8H,1-2H3. The maximum atomic E-state index is 5.20. The Morgan fingerprint density at radius 1 is 1.21 bits per heavy atom. The van der Waals surface area contributed by atoms with Gasteiger partial charge in [0, 0.05) is 4.88 Å². The van der Waals surface area contributed by atoms with E-state index in [1.54, 1.807) is 18.4 Å². The van der Waals surface area contributed by atoms with E-state index in [2.05, 4.69) is 30.5 Å². The molecule has 1 heterocycles. The zero-order chi connectivity index (χ0) is 9.97. The Morgan fingerprint density at radius 3 is 2.71 bits per heavy atom. The van der Waals surface area contributed by atoms with Crippen molar-refractivity contribution in [3.8, 4) is 16.9 Å². The highest BCUT2D eigenvalue weighted by molar-refractivity contribution is 7.10. The summed E-state index contributed by atoms with van der Waals surface area (Å²) in [5.41, 5.74) is 2.53.